The fourth-order valence-corrected chi connectivity index (χ4v) is 1.07. The first-order valence-corrected chi connectivity index (χ1v) is 3.61. The number of hydrogen-bond donors (Lipinski definition) is 0. The number of nitrogens with zero attached hydrogens (tertiary/aromatic N) is 2. The first-order chi connectivity index (χ1) is 5.36. The van der Waals surface area contributed by atoms with E-state index < -0.39 is 0 Å². The molecule has 0 atom stereocenters. The number of rotatable bonds is 0. The summed E-state index contributed by atoms with van der Waals surface area (Å²) in [4.78, 5) is 8.16. The average Bonchev–Trinajstić information content (AvgIpc) is 2.04. The van der Waals surface area contributed by atoms with Crippen LogP contribution in [0.5, 0.6) is 0 Å². The highest BCUT2D eigenvalue weighted by molar-refractivity contribution is 6.29. The Morgan fingerprint density at radius 3 is 2.50 bits per heavy atom. The van der Waals surface area contributed by atoms with E-state index >= 15 is 0 Å². The lowest BCUT2D eigenvalue weighted by molar-refractivity contribution is 1.29. The maximum atomic E-state index is 5.65. The van der Waals surface area contributed by atoms with Crippen LogP contribution in [0.4, 0.5) is 0 Å². The predicted molar refractivity (Wildman–Crippen MR) is 51.3 cm³/mol. The largest absolute Gasteiger partial charge is 0.251 e. The van der Waals surface area contributed by atoms with Crippen LogP contribution < -0.4 is 0 Å². The minimum absolute atomic E-state index is 0. The van der Waals surface area contributed by atoms with Crippen molar-refractivity contribution in [2.75, 3.05) is 0 Å². The lowest BCUT2D eigenvalue weighted by atomic mass is 10.3. The summed E-state index contributed by atoms with van der Waals surface area (Å²) in [7, 11) is 0. The van der Waals surface area contributed by atoms with Gasteiger partial charge in [0.25, 0.3) is 0 Å². The van der Waals surface area contributed by atoms with Gasteiger partial charge in [-0.15, -0.1) is 0 Å². The van der Waals surface area contributed by atoms with Crippen molar-refractivity contribution >= 4 is 22.6 Å². The second kappa shape index (κ2) is 3.50. The van der Waals surface area contributed by atoms with Crippen molar-refractivity contribution in [3.05, 3.63) is 35.6 Å². The van der Waals surface area contributed by atoms with E-state index in [2.05, 4.69) is 9.97 Å². The minimum Gasteiger partial charge on any atom is -0.251 e. The molecule has 62 valence electrons. The van der Waals surface area contributed by atoms with Gasteiger partial charge in [0.1, 0.15) is 5.15 Å². The van der Waals surface area contributed by atoms with Crippen molar-refractivity contribution in [3.8, 4) is 0 Å². The molecule has 0 radical (unpaired) electrons. The summed E-state index contributed by atoms with van der Waals surface area (Å²) >= 11 is 5.65. The molecule has 1 heterocycles. The van der Waals surface area contributed by atoms with Gasteiger partial charge in [-0.25, -0.2) is 4.98 Å². The van der Waals surface area contributed by atoms with Crippen molar-refractivity contribution in [1.82, 2.24) is 9.97 Å². The van der Waals surface area contributed by atoms with E-state index in [9.17, 15) is 0 Å². The lowest BCUT2D eigenvalue weighted by Gasteiger charge is -1.93. The Hall–Kier alpha value is -1.15. The molecular formula is C9H9ClN2. The maximum Gasteiger partial charge on any atom is 0.148 e. The summed E-state index contributed by atoms with van der Waals surface area (Å²) in [6.07, 6.45) is 1.55. The van der Waals surface area contributed by atoms with Gasteiger partial charge in [-0.05, 0) is 12.1 Å². The summed E-state index contributed by atoms with van der Waals surface area (Å²) in [6.45, 7) is 0. The molecule has 0 fully saturated rings. The van der Waals surface area contributed by atoms with Crippen molar-refractivity contribution < 1.29 is 0 Å². The second-order valence-electron chi connectivity index (χ2n) is 2.18. The fourth-order valence-electron chi connectivity index (χ4n) is 0.935. The van der Waals surface area contributed by atoms with Crippen LogP contribution in [0.3, 0.4) is 0 Å². The summed E-state index contributed by atoms with van der Waals surface area (Å²) in [5.41, 5.74) is 1.71. The number of halogens is 1. The van der Waals surface area contributed by atoms with Gasteiger partial charge >= 0.3 is 0 Å². The lowest BCUT2D eigenvalue weighted by Crippen LogP contribution is -1.81. The molecule has 0 saturated carbocycles. The number of hydrogen-bond acceptors (Lipinski definition) is 2. The Morgan fingerprint density at radius 2 is 1.75 bits per heavy atom. The van der Waals surface area contributed by atoms with Crippen LogP contribution in [0.15, 0.2) is 30.5 Å². The standard InChI is InChI=1S/C8H5ClN2.CH4/c9-8-5-10-6-3-1-2-4-7(6)11-8;/h1-5H;1H4. The summed E-state index contributed by atoms with van der Waals surface area (Å²) in [6, 6.07) is 7.62. The van der Waals surface area contributed by atoms with Crippen molar-refractivity contribution in [2.24, 2.45) is 0 Å². The highest BCUT2D eigenvalue weighted by Gasteiger charge is 1.93. The molecule has 2 rings (SSSR count). The molecular weight excluding hydrogens is 172 g/mol. The minimum atomic E-state index is 0. The van der Waals surface area contributed by atoms with Crippen LogP contribution in [0.2, 0.25) is 5.15 Å². The van der Waals surface area contributed by atoms with Crippen molar-refractivity contribution in [2.45, 2.75) is 7.43 Å². The highest BCUT2D eigenvalue weighted by Crippen LogP contribution is 2.10. The topological polar surface area (TPSA) is 25.8 Å². The van der Waals surface area contributed by atoms with Gasteiger partial charge in [0.2, 0.25) is 0 Å². The summed E-state index contributed by atoms with van der Waals surface area (Å²) < 4.78 is 0. The Labute approximate surface area is 76.2 Å². The molecule has 0 amide bonds. The van der Waals surface area contributed by atoms with Crippen molar-refractivity contribution in [3.63, 3.8) is 0 Å². The highest BCUT2D eigenvalue weighted by atomic mass is 35.5. The molecule has 1 aromatic heterocycles. The van der Waals surface area contributed by atoms with Gasteiger partial charge in [-0.3, -0.25) is 4.98 Å². The molecule has 0 spiro atoms. The van der Waals surface area contributed by atoms with E-state index in [0.717, 1.165) is 11.0 Å². The maximum absolute atomic E-state index is 5.65. The Balaban J connectivity index is 0.000000720. The molecule has 2 nitrogen and oxygen atoms in total. The summed E-state index contributed by atoms with van der Waals surface area (Å²) in [5.74, 6) is 0. The Kier molecular flexibility index (Phi) is 2.61. The van der Waals surface area contributed by atoms with Gasteiger partial charge in [-0.2, -0.15) is 0 Å². The zero-order chi connectivity index (χ0) is 7.68. The third kappa shape index (κ3) is 1.53. The SMILES string of the molecule is C.Clc1cnc2ccccc2n1. The first kappa shape index (κ1) is 8.94. The molecule has 0 bridgehead atoms. The van der Waals surface area contributed by atoms with E-state index in [0.29, 0.717) is 5.15 Å². The number of benzene rings is 1. The van der Waals surface area contributed by atoms with E-state index in [-0.39, 0.29) is 7.43 Å². The van der Waals surface area contributed by atoms with Gasteiger partial charge in [0, 0.05) is 0 Å². The Bertz CT molecular complexity index is 387. The molecule has 0 saturated heterocycles. The first-order valence-electron chi connectivity index (χ1n) is 3.23. The molecule has 2 aromatic rings. The van der Waals surface area contributed by atoms with Crippen LogP contribution >= 0.6 is 11.6 Å². The molecule has 0 N–H and O–H groups in total. The molecule has 12 heavy (non-hydrogen) atoms. The second-order valence-corrected chi connectivity index (χ2v) is 2.57. The smallest absolute Gasteiger partial charge is 0.148 e. The zero-order valence-corrected chi connectivity index (χ0v) is 6.42. The number of aromatic nitrogens is 2. The van der Waals surface area contributed by atoms with Gasteiger partial charge < -0.3 is 0 Å². The average molecular weight is 181 g/mol. The van der Waals surface area contributed by atoms with Crippen LogP contribution in [0.1, 0.15) is 7.43 Å². The quantitative estimate of drug-likeness (QED) is 0.623. The van der Waals surface area contributed by atoms with E-state index in [1.54, 1.807) is 6.20 Å². The van der Waals surface area contributed by atoms with E-state index in [1.165, 1.54) is 0 Å². The predicted octanol–water partition coefficient (Wildman–Crippen LogP) is 2.92. The van der Waals surface area contributed by atoms with Crippen LogP contribution in [0, 0.1) is 0 Å². The molecule has 0 aliphatic rings. The van der Waals surface area contributed by atoms with Gasteiger partial charge in [-0.1, -0.05) is 31.2 Å². The molecule has 0 aliphatic heterocycles. The summed E-state index contributed by atoms with van der Waals surface area (Å²) in [5, 5.41) is 0.434. The number of para-hydroxylation sites is 2. The van der Waals surface area contributed by atoms with Gasteiger partial charge in [0.15, 0.2) is 0 Å². The third-order valence-electron chi connectivity index (χ3n) is 1.42. The van der Waals surface area contributed by atoms with Gasteiger partial charge in [0.05, 0.1) is 17.2 Å². The third-order valence-corrected chi connectivity index (χ3v) is 1.60. The van der Waals surface area contributed by atoms with Crippen molar-refractivity contribution in [1.29, 1.82) is 0 Å². The molecule has 1 aromatic carbocycles. The normalized spacial score (nSPS) is 9.42. The van der Waals surface area contributed by atoms with E-state index in [4.69, 9.17) is 11.6 Å². The Morgan fingerprint density at radius 1 is 1.08 bits per heavy atom. The fraction of sp³-hybridized carbons (Fsp3) is 0.111. The van der Waals surface area contributed by atoms with Crippen LogP contribution in [0.25, 0.3) is 11.0 Å². The van der Waals surface area contributed by atoms with Crippen LogP contribution in [-0.2, 0) is 0 Å². The number of fused-ring (bicyclic) bond motifs is 1. The van der Waals surface area contributed by atoms with Crippen LogP contribution in [-0.4, -0.2) is 9.97 Å². The molecule has 0 aliphatic carbocycles. The monoisotopic (exact) mass is 180 g/mol. The molecule has 3 heteroatoms. The van der Waals surface area contributed by atoms with E-state index in [1.807, 2.05) is 24.3 Å². The molecule has 0 unspecified atom stereocenters. The zero-order valence-electron chi connectivity index (χ0n) is 5.66.